The molecule has 0 aromatic heterocycles. The number of ether oxygens (including phenoxy) is 1. The van der Waals surface area contributed by atoms with Gasteiger partial charge in [0, 0.05) is 12.6 Å². The molecule has 0 aliphatic rings. The van der Waals surface area contributed by atoms with E-state index in [2.05, 4.69) is 29.2 Å². The molecule has 0 fully saturated rings. The van der Waals surface area contributed by atoms with Crippen molar-refractivity contribution in [1.82, 2.24) is 5.32 Å². The van der Waals surface area contributed by atoms with Gasteiger partial charge in [-0.25, -0.2) is 0 Å². The summed E-state index contributed by atoms with van der Waals surface area (Å²) in [7, 11) is 0. The van der Waals surface area contributed by atoms with Gasteiger partial charge in [0.1, 0.15) is 19.0 Å². The van der Waals surface area contributed by atoms with Gasteiger partial charge >= 0.3 is 0 Å². The molecule has 2 aromatic carbocycles. The summed E-state index contributed by atoms with van der Waals surface area (Å²) in [6.07, 6.45) is 1.01. The minimum absolute atomic E-state index is 0.0878. The molecule has 0 spiro atoms. The molecular weight excluding hydrogens is 390 g/mol. The van der Waals surface area contributed by atoms with Crippen LogP contribution in [0.1, 0.15) is 40.9 Å². The molecule has 0 aliphatic heterocycles. The van der Waals surface area contributed by atoms with Crippen LogP contribution in [-0.2, 0) is 11.3 Å². The van der Waals surface area contributed by atoms with Crippen molar-refractivity contribution < 1.29 is 24.6 Å². The zero-order valence-corrected chi connectivity index (χ0v) is 16.8. The van der Waals surface area contributed by atoms with Crippen LogP contribution in [0.15, 0.2) is 48.5 Å². The maximum Gasteiger partial charge on any atom is 0.294 e. The number of nitrogens with two attached hydrogens (primary N) is 1. The minimum atomic E-state index is -0.925. The Balaban J connectivity index is 1.88. The van der Waals surface area contributed by atoms with Crippen molar-refractivity contribution >= 4 is 5.91 Å². The van der Waals surface area contributed by atoms with Crippen LogP contribution in [0.2, 0.25) is 0 Å². The summed E-state index contributed by atoms with van der Waals surface area (Å²) < 4.78 is 5.33. The van der Waals surface area contributed by atoms with E-state index in [-0.39, 0.29) is 30.6 Å². The van der Waals surface area contributed by atoms with Crippen LogP contribution in [0.3, 0.4) is 0 Å². The lowest BCUT2D eigenvalue weighted by Crippen LogP contribution is -2.31. The molecule has 9 heteroatoms. The number of nitrogens with zero attached hydrogens (tertiary/aromatic N) is 1. The predicted molar refractivity (Wildman–Crippen MR) is 111 cm³/mol. The Bertz CT molecular complexity index is 831. The fourth-order valence-electron chi connectivity index (χ4n) is 2.90. The first-order chi connectivity index (χ1) is 14.4. The third-order valence-corrected chi connectivity index (χ3v) is 4.56. The van der Waals surface area contributed by atoms with E-state index in [1.165, 1.54) is 17.7 Å². The highest BCUT2D eigenvalue weighted by Gasteiger charge is 2.16. The summed E-state index contributed by atoms with van der Waals surface area (Å²) in [6, 6.07) is 15.0. The number of nitrogens with one attached hydrogen (secondary N) is 1. The van der Waals surface area contributed by atoms with Crippen LogP contribution in [0, 0.1) is 10.1 Å². The van der Waals surface area contributed by atoms with E-state index < -0.39 is 17.1 Å². The summed E-state index contributed by atoms with van der Waals surface area (Å²) in [5, 5.41) is 23.0. The van der Waals surface area contributed by atoms with Gasteiger partial charge in [-0.15, -0.1) is 10.1 Å². The number of aryl methyl sites for hydroxylation is 1. The number of rotatable bonds is 13. The second-order valence-electron chi connectivity index (χ2n) is 6.87. The minimum Gasteiger partial charge on any atom is -0.491 e. The van der Waals surface area contributed by atoms with Crippen molar-refractivity contribution in [2.24, 2.45) is 5.73 Å². The quantitative estimate of drug-likeness (QED) is 0.258. The number of benzene rings is 2. The Kier molecular flexibility index (Phi) is 9.04. The van der Waals surface area contributed by atoms with E-state index in [1.54, 1.807) is 6.07 Å². The molecule has 9 nitrogen and oxygen atoms in total. The molecule has 2 aromatic rings. The van der Waals surface area contributed by atoms with Gasteiger partial charge < -0.3 is 25.7 Å². The zero-order valence-electron chi connectivity index (χ0n) is 16.8. The van der Waals surface area contributed by atoms with E-state index in [9.17, 15) is 20.0 Å². The third-order valence-electron chi connectivity index (χ3n) is 4.56. The summed E-state index contributed by atoms with van der Waals surface area (Å²) in [6.45, 7) is 1.96. The molecule has 0 saturated heterocycles. The number of primary amides is 1. The van der Waals surface area contributed by atoms with Crippen LogP contribution in [-0.4, -0.2) is 41.9 Å². The van der Waals surface area contributed by atoms with Gasteiger partial charge in [-0.1, -0.05) is 36.4 Å². The standard InChI is InChI=1S/C21H27N3O6/c1-15(7-8-16-5-3-2-4-6-16)23-14-19(25)17-9-10-20(18(13-17)21(22)26)29-11-12-30-24(27)28/h2-6,9-10,13,15,19,23,25H,7-8,11-12,14H2,1H3,(H2,22,26). The fourth-order valence-corrected chi connectivity index (χ4v) is 2.90. The normalized spacial score (nSPS) is 12.7. The second kappa shape index (κ2) is 11.7. The van der Waals surface area contributed by atoms with Crippen molar-refractivity contribution in [2.75, 3.05) is 19.8 Å². The monoisotopic (exact) mass is 417 g/mol. The van der Waals surface area contributed by atoms with Gasteiger partial charge in [0.2, 0.25) is 0 Å². The smallest absolute Gasteiger partial charge is 0.294 e. The Morgan fingerprint density at radius 2 is 1.97 bits per heavy atom. The fraction of sp³-hybridized carbons (Fsp3) is 0.381. The van der Waals surface area contributed by atoms with Crippen LogP contribution in [0.5, 0.6) is 5.75 Å². The van der Waals surface area contributed by atoms with Gasteiger partial charge in [0.05, 0.1) is 11.7 Å². The van der Waals surface area contributed by atoms with Gasteiger partial charge in [0.25, 0.3) is 11.0 Å². The Morgan fingerprint density at radius 3 is 2.63 bits per heavy atom. The lowest BCUT2D eigenvalue weighted by molar-refractivity contribution is -0.757. The topological polar surface area (TPSA) is 137 Å². The SMILES string of the molecule is CC(CCc1ccccc1)NCC(O)c1ccc(OCCO[N+](=O)[O-])c(C(N)=O)c1. The van der Waals surface area contributed by atoms with Crippen LogP contribution in [0.25, 0.3) is 0 Å². The molecule has 0 saturated carbocycles. The first-order valence-corrected chi connectivity index (χ1v) is 9.66. The molecule has 4 N–H and O–H groups in total. The largest absolute Gasteiger partial charge is 0.491 e. The Labute approximate surface area is 174 Å². The average Bonchev–Trinajstić information content (AvgIpc) is 2.74. The van der Waals surface area contributed by atoms with E-state index >= 15 is 0 Å². The highest BCUT2D eigenvalue weighted by molar-refractivity contribution is 5.95. The molecule has 30 heavy (non-hydrogen) atoms. The molecule has 0 aliphatic carbocycles. The van der Waals surface area contributed by atoms with Crippen LogP contribution in [0.4, 0.5) is 0 Å². The first kappa shape index (κ1) is 23.1. The molecule has 1 amide bonds. The second-order valence-corrected chi connectivity index (χ2v) is 6.87. The van der Waals surface area contributed by atoms with Gasteiger partial charge in [-0.3, -0.25) is 4.79 Å². The van der Waals surface area contributed by atoms with Gasteiger partial charge in [-0.05, 0) is 43.0 Å². The predicted octanol–water partition coefficient (Wildman–Crippen LogP) is 2.02. The number of carbonyl (C=O) groups excluding carboxylic acids is 1. The van der Waals surface area contributed by atoms with E-state index in [0.717, 1.165) is 12.8 Å². The van der Waals surface area contributed by atoms with Gasteiger partial charge in [0.15, 0.2) is 0 Å². The van der Waals surface area contributed by atoms with Gasteiger partial charge in [-0.2, -0.15) is 0 Å². The molecule has 0 bridgehead atoms. The van der Waals surface area contributed by atoms with Crippen LogP contribution < -0.4 is 15.8 Å². The number of amides is 1. The maximum atomic E-state index is 11.7. The van der Waals surface area contributed by atoms with E-state index in [1.807, 2.05) is 18.2 Å². The highest BCUT2D eigenvalue weighted by atomic mass is 17.0. The summed E-state index contributed by atoms with van der Waals surface area (Å²) in [5.41, 5.74) is 7.26. The summed E-state index contributed by atoms with van der Waals surface area (Å²) >= 11 is 0. The molecule has 0 radical (unpaired) electrons. The third kappa shape index (κ3) is 7.69. The van der Waals surface area contributed by atoms with E-state index in [0.29, 0.717) is 12.1 Å². The van der Waals surface area contributed by atoms with Crippen molar-refractivity contribution in [3.05, 3.63) is 75.3 Å². The van der Waals surface area contributed by atoms with Crippen molar-refractivity contribution in [3.8, 4) is 5.75 Å². The summed E-state index contributed by atoms with van der Waals surface area (Å²) in [5.74, 6) is -0.548. The van der Waals surface area contributed by atoms with Crippen molar-refractivity contribution in [3.63, 3.8) is 0 Å². The summed E-state index contributed by atoms with van der Waals surface area (Å²) in [4.78, 5) is 26.0. The van der Waals surface area contributed by atoms with Crippen LogP contribution >= 0.6 is 0 Å². The number of hydrogen-bond donors (Lipinski definition) is 3. The lowest BCUT2D eigenvalue weighted by atomic mass is 10.0. The molecule has 2 atom stereocenters. The highest BCUT2D eigenvalue weighted by Crippen LogP contribution is 2.23. The molecular formula is C21H27N3O6. The van der Waals surface area contributed by atoms with E-state index in [4.69, 9.17) is 10.5 Å². The Hall–Kier alpha value is -3.17. The molecule has 162 valence electrons. The lowest BCUT2D eigenvalue weighted by Gasteiger charge is -2.18. The maximum absolute atomic E-state index is 11.7. The van der Waals surface area contributed by atoms with Crippen molar-refractivity contribution in [2.45, 2.75) is 31.9 Å². The first-order valence-electron chi connectivity index (χ1n) is 9.66. The number of aliphatic hydroxyl groups is 1. The Morgan fingerprint density at radius 1 is 1.23 bits per heavy atom. The van der Waals surface area contributed by atoms with Crippen molar-refractivity contribution in [1.29, 1.82) is 0 Å². The molecule has 0 heterocycles. The molecule has 2 unspecified atom stereocenters. The number of carbonyl (C=O) groups is 1. The number of aliphatic hydroxyl groups excluding tert-OH is 1. The molecule has 2 rings (SSSR count). The average molecular weight is 417 g/mol. The zero-order chi connectivity index (χ0) is 21.9. The number of hydrogen-bond acceptors (Lipinski definition) is 7.